The van der Waals surface area contributed by atoms with E-state index in [2.05, 4.69) is 300 Å². The van der Waals surface area contributed by atoms with Gasteiger partial charge in [-0.25, -0.2) is 0 Å². The Morgan fingerprint density at radius 3 is 0.616 bits per heavy atom. The molecule has 0 aliphatic carbocycles. The zero-order valence-corrected chi connectivity index (χ0v) is 64.1. The Labute approximate surface area is 563 Å². The first-order valence-electron chi connectivity index (χ1n) is 33.0. The third-order valence-corrected chi connectivity index (χ3v) is 15.7. The van der Waals surface area contributed by atoms with Gasteiger partial charge in [0.1, 0.15) is 0 Å². The van der Waals surface area contributed by atoms with Crippen LogP contribution in [0.1, 0.15) is 222 Å². The topological polar surface area (TPSA) is 3.24 Å². The highest BCUT2D eigenvalue weighted by Gasteiger charge is 2.16. The third-order valence-electron chi connectivity index (χ3n) is 15.7. The van der Waals surface area contributed by atoms with E-state index in [-0.39, 0.29) is 37.2 Å². The number of rotatable bonds is 21. The van der Waals surface area contributed by atoms with Gasteiger partial charge in [0, 0.05) is 25.3 Å². The average Bonchev–Trinajstić information content (AvgIpc) is 3.50. The number of quaternary nitrogens is 3. The standard InChI is InChI=1S/C11H28N2.4C10H14.C9H23N2.C6H6.2C5H12.C2H5Cl.3ClH/c1-7-12(3,4)10-9-11-13(5,6)8-2;4*1-3-9(2)10-7-5-4-6-8-10;1-6-11(4,5)9-7-8-10(2)3;1-2-4-6-5-3-1;2*1-4-5(2)3;1-2-3;;;/h7-11H2,1-6H3;4*4-9H,3H2,1-2H3;6-9H2,1-5H3;1-6H;2*5H,4H2,1-3H3;2H2,1H3;3*1H/q+2;;;;;+1;;;;;;;/p-3. The molecule has 0 amide bonds. The lowest BCUT2D eigenvalue weighted by Gasteiger charge is -2.32. The summed E-state index contributed by atoms with van der Waals surface area (Å²) < 4.78 is 3.46. The molecule has 5 aromatic rings. The quantitative estimate of drug-likeness (QED) is 0.0523. The molecule has 0 bridgehead atoms. The monoisotopic (exact) mass is 1270 g/mol. The van der Waals surface area contributed by atoms with Gasteiger partial charge < -0.3 is 55.6 Å². The summed E-state index contributed by atoms with van der Waals surface area (Å²) in [5.74, 6) is 5.33. The first-order valence-corrected chi connectivity index (χ1v) is 33.5. The van der Waals surface area contributed by atoms with Gasteiger partial charge in [0.2, 0.25) is 0 Å². The van der Waals surface area contributed by atoms with Crippen LogP contribution >= 0.6 is 11.6 Å². The average molecular weight is 1280 g/mol. The summed E-state index contributed by atoms with van der Waals surface area (Å²) in [5, 5.41) is 0. The molecule has 0 N–H and O–H groups in total. The summed E-state index contributed by atoms with van der Waals surface area (Å²) in [4.78, 5) is 2.25. The van der Waals surface area contributed by atoms with E-state index in [0.717, 1.165) is 31.2 Å². The Balaban J connectivity index is -0.000000133. The molecule has 0 saturated heterocycles. The van der Waals surface area contributed by atoms with Gasteiger partial charge in [0.25, 0.3) is 0 Å². The van der Waals surface area contributed by atoms with Gasteiger partial charge in [-0.3, -0.25) is 0 Å². The fourth-order valence-electron chi connectivity index (χ4n) is 6.67. The van der Waals surface area contributed by atoms with Crippen molar-refractivity contribution < 1.29 is 50.7 Å². The van der Waals surface area contributed by atoms with Crippen LogP contribution in [0.25, 0.3) is 0 Å². The van der Waals surface area contributed by atoms with Crippen LogP contribution in [0.3, 0.4) is 0 Å². The second kappa shape index (κ2) is 66.5. The van der Waals surface area contributed by atoms with E-state index in [1.807, 2.05) is 43.3 Å². The summed E-state index contributed by atoms with van der Waals surface area (Å²) >= 11 is 5.00. The van der Waals surface area contributed by atoms with Crippen molar-refractivity contribution in [3.05, 3.63) is 180 Å². The van der Waals surface area contributed by atoms with E-state index in [1.165, 1.54) is 119 Å². The summed E-state index contributed by atoms with van der Waals surface area (Å²) in [6.07, 6.45) is 10.2. The molecule has 0 radical (unpaired) electrons. The Morgan fingerprint density at radius 1 is 0.314 bits per heavy atom. The fraction of sp³-hybridized carbons (Fsp3) is 0.615. The largest absolute Gasteiger partial charge is 1.00 e. The van der Waals surface area contributed by atoms with Crippen molar-refractivity contribution in [3.8, 4) is 0 Å². The summed E-state index contributed by atoms with van der Waals surface area (Å²) in [6.45, 7) is 48.7. The molecule has 8 heteroatoms. The first kappa shape index (κ1) is 99.3. The van der Waals surface area contributed by atoms with Crippen LogP contribution < -0.4 is 37.2 Å². The first-order chi connectivity index (χ1) is 39.1. The van der Waals surface area contributed by atoms with Gasteiger partial charge >= 0.3 is 0 Å². The van der Waals surface area contributed by atoms with Crippen LogP contribution in [0.4, 0.5) is 0 Å². The molecule has 0 heterocycles. The highest BCUT2D eigenvalue weighted by atomic mass is 35.5. The van der Waals surface area contributed by atoms with Gasteiger partial charge in [-0.2, -0.15) is 0 Å². The lowest BCUT2D eigenvalue weighted by molar-refractivity contribution is -0.907. The van der Waals surface area contributed by atoms with Crippen molar-refractivity contribution >= 4 is 11.6 Å². The maximum Gasteiger partial charge on any atom is 0.0836 e. The fourth-order valence-corrected chi connectivity index (χ4v) is 6.67. The van der Waals surface area contributed by atoms with Gasteiger partial charge in [0.05, 0.1) is 81.6 Å². The Kier molecular flexibility index (Phi) is 76.8. The van der Waals surface area contributed by atoms with Crippen molar-refractivity contribution in [2.75, 3.05) is 108 Å². The minimum atomic E-state index is 0. The van der Waals surface area contributed by atoms with E-state index >= 15 is 0 Å². The second-order valence-electron chi connectivity index (χ2n) is 25.3. The minimum Gasteiger partial charge on any atom is -1.00 e. The molecule has 0 spiro atoms. The summed E-state index contributed by atoms with van der Waals surface area (Å²) in [5.41, 5.74) is 5.80. The van der Waals surface area contributed by atoms with Crippen molar-refractivity contribution in [1.82, 2.24) is 4.90 Å². The highest BCUT2D eigenvalue weighted by molar-refractivity contribution is 6.17. The van der Waals surface area contributed by atoms with E-state index in [9.17, 15) is 0 Å². The Hall–Kier alpha value is -2.90. The Bertz CT molecular complexity index is 1750. The number of nitrogens with zero attached hydrogens (tertiary/aromatic N) is 4. The predicted molar refractivity (Wildman–Crippen MR) is 384 cm³/mol. The Morgan fingerprint density at radius 2 is 0.477 bits per heavy atom. The maximum atomic E-state index is 5.00. The molecular formula is C78H142Cl4N4. The molecule has 0 aliphatic heterocycles. The maximum absolute atomic E-state index is 5.00. The highest BCUT2D eigenvalue weighted by Crippen LogP contribution is 2.19. The molecule has 4 atom stereocenters. The number of halogens is 4. The predicted octanol–water partition coefficient (Wildman–Crippen LogP) is 13.5. The number of benzene rings is 5. The lowest BCUT2D eigenvalue weighted by Crippen LogP contribution is -3.00. The van der Waals surface area contributed by atoms with Crippen molar-refractivity contribution in [3.63, 3.8) is 0 Å². The van der Waals surface area contributed by atoms with Crippen LogP contribution in [-0.4, -0.2) is 126 Å². The van der Waals surface area contributed by atoms with Crippen LogP contribution in [0.5, 0.6) is 0 Å². The van der Waals surface area contributed by atoms with E-state index in [0.29, 0.717) is 23.7 Å². The zero-order valence-electron chi connectivity index (χ0n) is 61.1. The van der Waals surface area contributed by atoms with Crippen LogP contribution in [-0.2, 0) is 0 Å². The molecule has 0 aliphatic rings. The van der Waals surface area contributed by atoms with Crippen molar-refractivity contribution in [1.29, 1.82) is 0 Å². The zero-order chi connectivity index (χ0) is 64.5. The normalized spacial score (nSPS) is 11.6. The molecular weight excluding hydrogens is 1130 g/mol. The third kappa shape index (κ3) is 68.6. The van der Waals surface area contributed by atoms with E-state index < -0.39 is 0 Å². The SMILES string of the molecule is CCC(C)C.CCC(C)C.CCC(C)c1ccccc1.CCC(C)c1ccccc1.CCC(C)c1ccccc1.CCC(C)c1ccccc1.CCCl.CC[N+](C)(C)CCCN(C)C.CC[N+](C)(C)CCC[N+](C)(C)CC.[Cl-].[Cl-].[Cl-].c1ccccc1. The number of hydrogen-bond acceptors (Lipinski definition) is 1. The van der Waals surface area contributed by atoms with Gasteiger partial charge in [0.15, 0.2) is 0 Å². The van der Waals surface area contributed by atoms with Gasteiger partial charge in [-0.15, -0.1) is 11.6 Å². The summed E-state index contributed by atoms with van der Waals surface area (Å²) in [7, 11) is 18.1. The number of alkyl halides is 1. The van der Waals surface area contributed by atoms with Crippen molar-refractivity contribution in [2.45, 2.75) is 200 Å². The van der Waals surface area contributed by atoms with Crippen LogP contribution in [0, 0.1) is 11.8 Å². The molecule has 4 nitrogen and oxygen atoms in total. The summed E-state index contributed by atoms with van der Waals surface area (Å²) in [6, 6.07) is 54.5. The molecule has 86 heavy (non-hydrogen) atoms. The smallest absolute Gasteiger partial charge is 0.0836 e. The van der Waals surface area contributed by atoms with Crippen LogP contribution in [0.2, 0.25) is 0 Å². The van der Waals surface area contributed by atoms with E-state index in [1.54, 1.807) is 0 Å². The van der Waals surface area contributed by atoms with E-state index in [4.69, 9.17) is 11.6 Å². The van der Waals surface area contributed by atoms with Crippen LogP contribution in [0.15, 0.2) is 158 Å². The van der Waals surface area contributed by atoms with Crippen molar-refractivity contribution in [2.24, 2.45) is 11.8 Å². The second-order valence-corrected chi connectivity index (χ2v) is 25.9. The minimum absolute atomic E-state index is 0. The molecule has 4 unspecified atom stereocenters. The number of hydrogen-bond donors (Lipinski definition) is 0. The molecule has 0 saturated carbocycles. The molecule has 5 aromatic carbocycles. The lowest BCUT2D eigenvalue weighted by atomic mass is 9.99. The molecule has 5 rings (SSSR count). The van der Waals surface area contributed by atoms with Gasteiger partial charge in [-0.1, -0.05) is 274 Å². The molecule has 502 valence electrons. The molecule has 0 fully saturated rings. The molecule has 0 aromatic heterocycles. The van der Waals surface area contributed by atoms with Gasteiger partial charge in [-0.05, 0) is 118 Å².